The molecule has 1 heterocycles. The molecule has 0 bridgehead atoms. The molecule has 0 aromatic rings. The van der Waals surface area contributed by atoms with E-state index in [2.05, 4.69) is 10.2 Å². The van der Waals surface area contributed by atoms with Crippen LogP contribution >= 0.6 is 0 Å². The Morgan fingerprint density at radius 3 is 2.53 bits per heavy atom. The Morgan fingerprint density at radius 1 is 1.27 bits per heavy atom. The zero-order valence-electron chi connectivity index (χ0n) is 8.49. The van der Waals surface area contributed by atoms with E-state index in [4.69, 9.17) is 10.6 Å². The van der Waals surface area contributed by atoms with E-state index in [1.807, 2.05) is 0 Å². The van der Waals surface area contributed by atoms with Gasteiger partial charge >= 0.3 is 11.8 Å². The Kier molecular flexibility index (Phi) is 5.02. The molecule has 4 N–H and O–H groups in total. The van der Waals surface area contributed by atoms with E-state index in [1.165, 1.54) is 0 Å². The number of ether oxygens (including phenoxy) is 1. The highest BCUT2D eigenvalue weighted by atomic mass is 16.5. The SMILES string of the molecule is NNC(=O)C(=O)NCCN1CCOCC1. The predicted octanol–water partition coefficient (Wildman–Crippen LogP) is -2.58. The first kappa shape index (κ1) is 11.9. The van der Waals surface area contributed by atoms with E-state index in [0.29, 0.717) is 13.1 Å². The molecule has 1 saturated heterocycles. The summed E-state index contributed by atoms with van der Waals surface area (Å²) in [6.45, 7) is 4.31. The molecule has 7 heteroatoms. The molecule has 0 aliphatic carbocycles. The molecule has 0 radical (unpaired) electrons. The van der Waals surface area contributed by atoms with Crippen molar-refractivity contribution in [1.82, 2.24) is 15.6 Å². The van der Waals surface area contributed by atoms with E-state index in [1.54, 1.807) is 5.43 Å². The molecule has 15 heavy (non-hydrogen) atoms. The molecule has 1 rings (SSSR count). The van der Waals surface area contributed by atoms with Crippen molar-refractivity contribution in [3.63, 3.8) is 0 Å². The van der Waals surface area contributed by atoms with Crippen LogP contribution in [0.1, 0.15) is 0 Å². The lowest BCUT2D eigenvalue weighted by Crippen LogP contribution is -2.46. The Balaban J connectivity index is 2.09. The molecule has 86 valence electrons. The number of rotatable bonds is 3. The van der Waals surface area contributed by atoms with Crippen molar-refractivity contribution in [2.75, 3.05) is 39.4 Å². The number of hydrogen-bond donors (Lipinski definition) is 3. The number of carbonyl (C=O) groups excluding carboxylic acids is 2. The summed E-state index contributed by atoms with van der Waals surface area (Å²) >= 11 is 0. The average Bonchev–Trinajstić information content (AvgIpc) is 2.29. The summed E-state index contributed by atoms with van der Waals surface area (Å²) in [7, 11) is 0. The van der Waals surface area contributed by atoms with Gasteiger partial charge < -0.3 is 10.1 Å². The minimum atomic E-state index is -0.822. The zero-order chi connectivity index (χ0) is 11.1. The van der Waals surface area contributed by atoms with Gasteiger partial charge in [0, 0.05) is 26.2 Å². The summed E-state index contributed by atoms with van der Waals surface area (Å²) in [5.41, 5.74) is 1.77. The smallest absolute Gasteiger partial charge is 0.323 e. The second-order valence-corrected chi connectivity index (χ2v) is 3.18. The highest BCUT2D eigenvalue weighted by Gasteiger charge is 2.13. The molecule has 0 atom stereocenters. The topological polar surface area (TPSA) is 96.7 Å². The van der Waals surface area contributed by atoms with E-state index >= 15 is 0 Å². The molecule has 0 aromatic carbocycles. The Labute approximate surface area is 87.9 Å². The summed E-state index contributed by atoms with van der Waals surface area (Å²) in [6, 6.07) is 0. The van der Waals surface area contributed by atoms with Crippen LogP contribution in [-0.4, -0.2) is 56.1 Å². The number of nitrogens with two attached hydrogens (primary N) is 1. The molecule has 2 amide bonds. The fourth-order valence-corrected chi connectivity index (χ4v) is 1.30. The van der Waals surface area contributed by atoms with Gasteiger partial charge in [-0.2, -0.15) is 0 Å². The van der Waals surface area contributed by atoms with Crippen molar-refractivity contribution in [2.45, 2.75) is 0 Å². The van der Waals surface area contributed by atoms with Gasteiger partial charge in [-0.05, 0) is 0 Å². The third-order valence-corrected chi connectivity index (χ3v) is 2.15. The lowest BCUT2D eigenvalue weighted by atomic mass is 10.4. The van der Waals surface area contributed by atoms with E-state index < -0.39 is 11.8 Å². The molecule has 0 spiro atoms. The predicted molar refractivity (Wildman–Crippen MR) is 52.6 cm³/mol. The maximum Gasteiger partial charge on any atom is 0.323 e. The lowest BCUT2D eigenvalue weighted by molar-refractivity contribution is -0.139. The van der Waals surface area contributed by atoms with Crippen LogP contribution in [0.2, 0.25) is 0 Å². The van der Waals surface area contributed by atoms with Gasteiger partial charge in [0.05, 0.1) is 13.2 Å². The van der Waals surface area contributed by atoms with Gasteiger partial charge in [0.1, 0.15) is 0 Å². The van der Waals surface area contributed by atoms with Crippen LogP contribution in [0.5, 0.6) is 0 Å². The largest absolute Gasteiger partial charge is 0.379 e. The van der Waals surface area contributed by atoms with Crippen LogP contribution in [0.4, 0.5) is 0 Å². The molecule has 0 saturated carbocycles. The monoisotopic (exact) mass is 216 g/mol. The highest BCUT2D eigenvalue weighted by Crippen LogP contribution is 1.94. The molecule has 0 aromatic heterocycles. The van der Waals surface area contributed by atoms with E-state index in [9.17, 15) is 9.59 Å². The zero-order valence-corrected chi connectivity index (χ0v) is 8.49. The van der Waals surface area contributed by atoms with Crippen molar-refractivity contribution in [3.8, 4) is 0 Å². The fraction of sp³-hybridized carbons (Fsp3) is 0.750. The van der Waals surface area contributed by atoms with Gasteiger partial charge in [-0.15, -0.1) is 0 Å². The van der Waals surface area contributed by atoms with Crippen molar-refractivity contribution in [1.29, 1.82) is 0 Å². The number of hydrogen-bond acceptors (Lipinski definition) is 5. The Bertz CT molecular complexity index is 228. The Hall–Kier alpha value is -1.18. The standard InChI is InChI=1S/C8H16N4O3/c9-11-8(14)7(13)10-1-2-12-3-5-15-6-4-12/h1-6,9H2,(H,10,13)(H,11,14). The molecule has 1 fully saturated rings. The third-order valence-electron chi connectivity index (χ3n) is 2.15. The molecule has 7 nitrogen and oxygen atoms in total. The average molecular weight is 216 g/mol. The second kappa shape index (κ2) is 6.33. The lowest BCUT2D eigenvalue weighted by Gasteiger charge is -2.26. The summed E-state index contributed by atoms with van der Waals surface area (Å²) in [4.78, 5) is 23.8. The number of nitrogens with one attached hydrogen (secondary N) is 2. The van der Waals surface area contributed by atoms with Crippen LogP contribution in [-0.2, 0) is 14.3 Å². The van der Waals surface area contributed by atoms with Crippen LogP contribution < -0.4 is 16.6 Å². The summed E-state index contributed by atoms with van der Waals surface area (Å²) in [5, 5.41) is 2.47. The van der Waals surface area contributed by atoms with Gasteiger partial charge in [-0.1, -0.05) is 0 Å². The molecular weight excluding hydrogens is 200 g/mol. The summed E-state index contributed by atoms with van der Waals surface area (Å²) in [5.74, 6) is 3.27. The number of hydrazine groups is 1. The highest BCUT2D eigenvalue weighted by molar-refractivity contribution is 6.34. The van der Waals surface area contributed by atoms with Crippen molar-refractivity contribution < 1.29 is 14.3 Å². The van der Waals surface area contributed by atoms with Gasteiger partial charge in [0.15, 0.2) is 0 Å². The van der Waals surface area contributed by atoms with Crippen LogP contribution in [0.3, 0.4) is 0 Å². The Morgan fingerprint density at radius 2 is 1.93 bits per heavy atom. The maximum atomic E-state index is 11.0. The fourth-order valence-electron chi connectivity index (χ4n) is 1.30. The van der Waals surface area contributed by atoms with Crippen molar-refractivity contribution in [2.24, 2.45) is 5.84 Å². The first-order chi connectivity index (χ1) is 7.24. The minimum Gasteiger partial charge on any atom is -0.379 e. The van der Waals surface area contributed by atoms with Crippen LogP contribution in [0, 0.1) is 0 Å². The normalized spacial score (nSPS) is 17.1. The van der Waals surface area contributed by atoms with Gasteiger partial charge in [0.2, 0.25) is 0 Å². The van der Waals surface area contributed by atoms with Crippen LogP contribution in [0.25, 0.3) is 0 Å². The molecule has 1 aliphatic rings. The van der Waals surface area contributed by atoms with E-state index in [-0.39, 0.29) is 0 Å². The molecule has 1 aliphatic heterocycles. The third kappa shape index (κ3) is 4.24. The molecule has 0 unspecified atom stereocenters. The second-order valence-electron chi connectivity index (χ2n) is 3.18. The van der Waals surface area contributed by atoms with Gasteiger partial charge in [-0.3, -0.25) is 19.9 Å². The first-order valence-electron chi connectivity index (χ1n) is 4.83. The van der Waals surface area contributed by atoms with Crippen molar-refractivity contribution in [3.05, 3.63) is 0 Å². The van der Waals surface area contributed by atoms with E-state index in [0.717, 1.165) is 26.3 Å². The maximum absolute atomic E-state index is 11.0. The summed E-state index contributed by atoms with van der Waals surface area (Å²) < 4.78 is 5.17. The number of amides is 2. The first-order valence-corrected chi connectivity index (χ1v) is 4.83. The molecular formula is C8H16N4O3. The van der Waals surface area contributed by atoms with Gasteiger partial charge in [-0.25, -0.2) is 5.84 Å². The quantitative estimate of drug-likeness (QED) is 0.208. The van der Waals surface area contributed by atoms with Crippen molar-refractivity contribution >= 4 is 11.8 Å². The minimum absolute atomic E-state index is 0.437. The number of morpholine rings is 1. The van der Waals surface area contributed by atoms with Gasteiger partial charge in [0.25, 0.3) is 0 Å². The number of nitrogens with zero attached hydrogens (tertiary/aromatic N) is 1. The number of carbonyl (C=O) groups is 2. The summed E-state index contributed by atoms with van der Waals surface area (Å²) in [6.07, 6.45) is 0. The van der Waals surface area contributed by atoms with Crippen LogP contribution in [0.15, 0.2) is 0 Å².